The van der Waals surface area contributed by atoms with Crippen LogP contribution in [0.2, 0.25) is 5.02 Å². The molecule has 28 heteroatoms. The fourth-order valence-corrected chi connectivity index (χ4v) is 14.3. The molecule has 0 aliphatic carbocycles. The van der Waals surface area contributed by atoms with E-state index in [4.69, 9.17) is 16.3 Å². The number of pyridine rings is 3. The summed E-state index contributed by atoms with van der Waals surface area (Å²) in [6.45, 7) is 4.59. The summed E-state index contributed by atoms with van der Waals surface area (Å²) < 4.78 is 36.0. The second kappa shape index (κ2) is 33.2. The maximum Gasteiger partial charge on any atom is 0.357 e. The summed E-state index contributed by atoms with van der Waals surface area (Å²) in [5.74, 6) is -0.660. The molecule has 9 aromatic carbocycles. The van der Waals surface area contributed by atoms with Gasteiger partial charge in [0, 0.05) is 116 Å². The van der Waals surface area contributed by atoms with Crippen molar-refractivity contribution in [2.45, 2.75) is 19.6 Å². The van der Waals surface area contributed by atoms with Gasteiger partial charge in [0.2, 0.25) is 0 Å². The van der Waals surface area contributed by atoms with Crippen LogP contribution in [-0.4, -0.2) is 147 Å². The normalized spacial score (nSPS) is 13.6. The molecule has 3 aliphatic heterocycles. The van der Waals surface area contributed by atoms with E-state index in [9.17, 15) is 67.9 Å². The number of piperazine rings is 3. The topological polar surface area (TPSA) is 275 Å². The van der Waals surface area contributed by atoms with Crippen molar-refractivity contribution in [2.24, 2.45) is 0 Å². The Morgan fingerprint density at radius 1 is 0.364 bits per heavy atom. The van der Waals surface area contributed by atoms with E-state index in [1.54, 1.807) is 131 Å². The summed E-state index contributed by atoms with van der Waals surface area (Å²) >= 11 is 5.93. The summed E-state index contributed by atoms with van der Waals surface area (Å²) in [6.07, 6.45) is 0. The molecule has 3 saturated heterocycles. The molecular formula is C82H71ClF2N12O13. The predicted molar refractivity (Wildman–Crippen MR) is 416 cm³/mol. The number of aromatic nitrogens is 3. The molecule has 0 unspecified atom stereocenters. The highest BCUT2D eigenvalue weighted by atomic mass is 35.5. The molecule has 0 radical (unpaired) electrons. The summed E-state index contributed by atoms with van der Waals surface area (Å²) in [7, 11) is 1.56. The van der Waals surface area contributed by atoms with Crippen molar-refractivity contribution >= 4 is 96.2 Å². The molecule has 0 N–H and O–H groups in total. The summed E-state index contributed by atoms with van der Waals surface area (Å²) in [6, 6.07) is 64.8. The Kier molecular flexibility index (Phi) is 22.6. The van der Waals surface area contributed by atoms with E-state index in [-0.39, 0.29) is 48.7 Å². The van der Waals surface area contributed by atoms with Crippen LogP contribution >= 0.6 is 11.6 Å². The van der Waals surface area contributed by atoms with Gasteiger partial charge >= 0.3 is 33.7 Å². The van der Waals surface area contributed by atoms with Crippen LogP contribution in [0.1, 0.15) is 47.8 Å². The number of para-hydroxylation sites is 3. The molecule has 0 bridgehead atoms. The van der Waals surface area contributed by atoms with Gasteiger partial charge in [-0.2, -0.15) is 0 Å². The molecule has 3 amide bonds. The highest BCUT2D eigenvalue weighted by molar-refractivity contribution is 6.30. The van der Waals surface area contributed by atoms with E-state index >= 15 is 0 Å². The molecule has 25 nitrogen and oxygen atoms in total. The van der Waals surface area contributed by atoms with Crippen molar-refractivity contribution in [3.63, 3.8) is 0 Å². The Morgan fingerprint density at radius 3 is 0.927 bits per heavy atom. The standard InChI is InChI=1S/C28H25FN4O5.C27H23ClN4O4.C27H23FN4O4/c1-38-22-12-8-20(9-13-22)27(34)31-16-14-30(15-17-31)25-23-4-2-3-5-24(23)32(28(35)26(25)33(36)37)18-19-6-10-21(29)11-7-19;2*28-21-12-10-20(11-13-21)26(33)30-16-14-29(15-17-30)24-22-8-4-5-9-23(22)31(27(34)25(24)32(35)36)18-19-6-2-1-3-7-19/h2-13H,14-18H2,1H3;2*1-13H,14-18H2. The van der Waals surface area contributed by atoms with Crippen molar-refractivity contribution in [1.29, 1.82) is 0 Å². The van der Waals surface area contributed by atoms with E-state index in [1.165, 1.54) is 50.1 Å². The molecule has 6 heterocycles. The highest BCUT2D eigenvalue weighted by Gasteiger charge is 2.37. The van der Waals surface area contributed by atoms with Crippen molar-refractivity contribution in [3.8, 4) is 5.75 Å². The van der Waals surface area contributed by atoms with E-state index in [1.807, 2.05) is 99.6 Å². The number of fused-ring (bicyclic) bond motifs is 3. The zero-order chi connectivity index (χ0) is 77.3. The van der Waals surface area contributed by atoms with Crippen LogP contribution in [0.5, 0.6) is 5.75 Å². The fraction of sp³-hybridized carbons (Fsp3) is 0.195. The number of nitro groups is 3. The van der Waals surface area contributed by atoms with Gasteiger partial charge in [-0.3, -0.25) is 72.8 Å². The SMILES string of the molecule is COc1ccc(C(=O)N2CCN(c3c([N+](=O)[O-])c(=O)n(Cc4ccc(F)cc4)c4ccccc34)CC2)cc1.O=C(c1ccc(Cl)cc1)N1CCN(c2c([N+](=O)[O-])c(=O)n(Cc3ccccc3)c3ccccc23)CC1.O=C(c1ccc(F)cc1)N1CCN(c2c([N+](=O)[O-])c(=O)n(Cc3ccccc3)c3ccccc23)CC1. The molecule has 3 aliphatic rings. The quantitative estimate of drug-likeness (QED) is 0.0642. The third-order valence-electron chi connectivity index (χ3n) is 19.7. The molecule has 12 aromatic rings. The van der Waals surface area contributed by atoms with Crippen LogP contribution in [0.3, 0.4) is 0 Å². The Morgan fingerprint density at radius 2 is 0.627 bits per heavy atom. The number of hydrogen-bond donors (Lipinski definition) is 0. The van der Waals surface area contributed by atoms with Crippen LogP contribution in [0.25, 0.3) is 32.7 Å². The minimum absolute atomic E-state index is 0.0604. The summed E-state index contributed by atoms with van der Waals surface area (Å²) in [5.41, 5.74) is 2.98. The lowest BCUT2D eigenvalue weighted by Gasteiger charge is -2.36. The van der Waals surface area contributed by atoms with Crippen molar-refractivity contribution < 1.29 is 42.7 Å². The molecule has 0 spiro atoms. The maximum absolute atomic E-state index is 13.5. The lowest BCUT2D eigenvalue weighted by atomic mass is 10.1. The number of ether oxygens (including phenoxy) is 1. The van der Waals surface area contributed by atoms with Crippen LogP contribution in [0.4, 0.5) is 42.9 Å². The number of hydrogen-bond acceptors (Lipinski definition) is 16. The van der Waals surface area contributed by atoms with Gasteiger partial charge in [-0.1, -0.05) is 139 Å². The number of carbonyl (C=O) groups is 3. The van der Waals surface area contributed by atoms with E-state index in [0.29, 0.717) is 150 Å². The second-order valence-electron chi connectivity index (χ2n) is 26.3. The van der Waals surface area contributed by atoms with Gasteiger partial charge in [-0.25, -0.2) is 8.78 Å². The summed E-state index contributed by atoms with van der Waals surface area (Å²) in [5, 5.41) is 39.0. The van der Waals surface area contributed by atoms with Gasteiger partial charge in [0.25, 0.3) is 17.7 Å². The van der Waals surface area contributed by atoms with Gasteiger partial charge in [0.1, 0.15) is 34.4 Å². The third-order valence-corrected chi connectivity index (χ3v) is 20.0. The van der Waals surface area contributed by atoms with Gasteiger partial charge in [0.05, 0.1) is 58.1 Å². The number of nitrogens with zero attached hydrogens (tertiary/aromatic N) is 12. The van der Waals surface area contributed by atoms with Crippen molar-refractivity contribution in [3.05, 3.63) is 342 Å². The highest BCUT2D eigenvalue weighted by Crippen LogP contribution is 2.38. The fourth-order valence-electron chi connectivity index (χ4n) is 14.2. The van der Waals surface area contributed by atoms with Gasteiger partial charge in [-0.15, -0.1) is 0 Å². The molecule has 110 heavy (non-hydrogen) atoms. The first-order valence-electron chi connectivity index (χ1n) is 35.2. The number of methoxy groups -OCH3 is 1. The van der Waals surface area contributed by atoms with E-state index in [0.717, 1.165) is 11.1 Å². The Hall–Kier alpha value is -13.4. The lowest BCUT2D eigenvalue weighted by Crippen LogP contribution is -2.49. The maximum atomic E-state index is 13.5. The number of benzene rings is 9. The zero-order valence-corrected chi connectivity index (χ0v) is 60.1. The number of amides is 3. The molecular weight excluding hydrogens is 1430 g/mol. The average molecular weight is 1510 g/mol. The zero-order valence-electron chi connectivity index (χ0n) is 59.4. The lowest BCUT2D eigenvalue weighted by molar-refractivity contribution is -0.385. The average Bonchev–Trinajstić information content (AvgIpc) is 0.757. The molecule has 0 atom stereocenters. The largest absolute Gasteiger partial charge is 0.497 e. The van der Waals surface area contributed by atoms with Crippen molar-refractivity contribution in [2.75, 3.05) is 100 Å². The van der Waals surface area contributed by atoms with Crippen LogP contribution in [-0.2, 0) is 19.6 Å². The number of halogens is 3. The third kappa shape index (κ3) is 16.0. The minimum atomic E-state index is -0.732. The van der Waals surface area contributed by atoms with Crippen LogP contribution in [0, 0.1) is 42.0 Å². The first-order chi connectivity index (χ1) is 53.2. The van der Waals surface area contributed by atoms with Gasteiger partial charge < -0.3 is 34.1 Å². The second-order valence-corrected chi connectivity index (χ2v) is 26.7. The van der Waals surface area contributed by atoms with Crippen LogP contribution < -0.4 is 36.1 Å². The van der Waals surface area contributed by atoms with Gasteiger partial charge in [-0.05, 0) is 120 Å². The van der Waals surface area contributed by atoms with E-state index in [2.05, 4.69) is 0 Å². The predicted octanol–water partition coefficient (Wildman–Crippen LogP) is 12.7. The molecule has 15 rings (SSSR count). The molecule has 3 aromatic heterocycles. The minimum Gasteiger partial charge on any atom is -0.497 e. The molecule has 558 valence electrons. The molecule has 0 saturated carbocycles. The number of anilines is 3. The van der Waals surface area contributed by atoms with E-state index < -0.39 is 60.1 Å². The van der Waals surface area contributed by atoms with Crippen LogP contribution in [0.15, 0.2) is 245 Å². The van der Waals surface area contributed by atoms with Gasteiger partial charge in [0.15, 0.2) is 0 Å². The molecule has 3 fully saturated rings. The first-order valence-corrected chi connectivity index (χ1v) is 35.6. The number of carbonyl (C=O) groups excluding carboxylic acids is 3. The monoisotopic (exact) mass is 1500 g/mol. The first kappa shape index (κ1) is 74.8. The number of rotatable bonds is 16. The van der Waals surface area contributed by atoms with Crippen molar-refractivity contribution in [1.82, 2.24) is 28.4 Å². The Labute approximate surface area is 631 Å². The summed E-state index contributed by atoms with van der Waals surface area (Å²) in [4.78, 5) is 125. The smallest absolute Gasteiger partial charge is 0.357 e. The Bertz CT molecular complexity index is 5430. The Balaban J connectivity index is 0.000000145.